The average molecular weight is 514 g/mol. The number of hydrogen-bond donors (Lipinski definition) is 1. The molecule has 2 aliphatic rings. The van der Waals surface area contributed by atoms with Crippen molar-refractivity contribution < 1.29 is 23.1 Å². The monoisotopic (exact) mass is 513 g/mol. The summed E-state index contributed by atoms with van der Waals surface area (Å²) < 4.78 is 30.2. The summed E-state index contributed by atoms with van der Waals surface area (Å²) in [6, 6.07) is 16.1. The molecular weight excluding hydrogens is 476 g/mol. The fourth-order valence-electron chi connectivity index (χ4n) is 4.31. The molecule has 1 N–H and O–H groups in total. The molecule has 4 rings (SSSR count). The predicted octanol–water partition coefficient (Wildman–Crippen LogP) is 5.33. The summed E-state index contributed by atoms with van der Waals surface area (Å²) in [5, 5.41) is 11.3. The van der Waals surface area contributed by atoms with Gasteiger partial charge in [0, 0.05) is 38.9 Å². The van der Waals surface area contributed by atoms with E-state index < -0.39 is 11.6 Å². The van der Waals surface area contributed by atoms with Crippen LogP contribution in [0, 0.1) is 23.0 Å². The van der Waals surface area contributed by atoms with Crippen molar-refractivity contribution in [2.24, 2.45) is 0 Å². The van der Waals surface area contributed by atoms with Crippen LogP contribution in [0.2, 0.25) is 0 Å². The molecule has 1 aliphatic carbocycles. The lowest BCUT2D eigenvalue weighted by molar-refractivity contribution is -0.141. The number of esters is 1. The number of carbonyl (C=O) groups excluding carboxylic acids is 2. The van der Waals surface area contributed by atoms with Gasteiger partial charge in [-0.1, -0.05) is 50.5 Å². The first kappa shape index (κ1) is 29.9. The third-order valence-corrected chi connectivity index (χ3v) is 6.36. The number of carbonyl (C=O) groups is 2. The van der Waals surface area contributed by atoms with Crippen molar-refractivity contribution in [3.05, 3.63) is 71.3 Å². The lowest BCUT2D eigenvalue weighted by Gasteiger charge is -2.45. The molecule has 2 fully saturated rings. The van der Waals surface area contributed by atoms with Gasteiger partial charge in [0.25, 0.3) is 0 Å². The van der Waals surface area contributed by atoms with Crippen LogP contribution < -0.4 is 5.32 Å². The zero-order chi connectivity index (χ0) is 27.2. The van der Waals surface area contributed by atoms with Crippen LogP contribution in [0.5, 0.6) is 0 Å². The molecule has 1 heterocycles. The van der Waals surface area contributed by atoms with Crippen LogP contribution in [0.15, 0.2) is 48.5 Å². The first-order valence-corrected chi connectivity index (χ1v) is 12.7. The third-order valence-electron chi connectivity index (χ3n) is 6.36. The standard InChI is InChI=1S/C11H12F2O2.C11H20N2O.C7H5N/c1-7(6-15-8(2)14)9-3-4-10(12)11(13)5-9;1-9(14)12-10-7-13(8-10)11-5-3-2-4-6-11;8-6-7-4-2-1-3-5-7/h3-5,7H,6H2,1-2H3;10-11H,2-8H2,1H3,(H,12,14);1-5H. The van der Waals surface area contributed by atoms with Gasteiger partial charge in [0.1, 0.15) is 0 Å². The van der Waals surface area contributed by atoms with Crippen LogP contribution in [0.1, 0.15) is 69.9 Å². The maximum absolute atomic E-state index is 12.9. The number of amides is 1. The van der Waals surface area contributed by atoms with E-state index in [1.165, 1.54) is 45.1 Å². The van der Waals surface area contributed by atoms with Crippen LogP contribution in [0.25, 0.3) is 0 Å². The number of halogens is 2. The van der Waals surface area contributed by atoms with Gasteiger partial charge < -0.3 is 10.1 Å². The summed E-state index contributed by atoms with van der Waals surface area (Å²) >= 11 is 0. The largest absolute Gasteiger partial charge is 0.465 e. The molecular formula is C29H37F2N3O3. The van der Waals surface area contributed by atoms with Crippen molar-refractivity contribution >= 4 is 11.9 Å². The predicted molar refractivity (Wildman–Crippen MR) is 139 cm³/mol. The van der Waals surface area contributed by atoms with Crippen molar-refractivity contribution in [1.29, 1.82) is 5.26 Å². The lowest BCUT2D eigenvalue weighted by Crippen LogP contribution is -2.62. The van der Waals surface area contributed by atoms with E-state index in [-0.39, 0.29) is 24.4 Å². The molecule has 1 unspecified atom stereocenters. The van der Waals surface area contributed by atoms with Gasteiger partial charge in [-0.25, -0.2) is 8.78 Å². The number of nitrogens with one attached hydrogen (secondary N) is 1. The Hall–Kier alpha value is -3.31. The summed E-state index contributed by atoms with van der Waals surface area (Å²) in [6.45, 7) is 6.99. The van der Waals surface area contributed by atoms with Crippen LogP contribution in [-0.4, -0.2) is 48.6 Å². The van der Waals surface area contributed by atoms with E-state index in [0.29, 0.717) is 17.2 Å². The number of hydrogen-bond acceptors (Lipinski definition) is 5. The molecule has 1 amide bonds. The molecule has 8 heteroatoms. The van der Waals surface area contributed by atoms with Gasteiger partial charge in [-0.3, -0.25) is 14.5 Å². The Morgan fingerprint density at radius 3 is 2.22 bits per heavy atom. The number of rotatable bonds is 5. The van der Waals surface area contributed by atoms with Gasteiger partial charge in [0.15, 0.2) is 11.6 Å². The topological polar surface area (TPSA) is 82.4 Å². The molecule has 200 valence electrons. The summed E-state index contributed by atoms with van der Waals surface area (Å²) in [7, 11) is 0. The highest BCUT2D eigenvalue weighted by Crippen LogP contribution is 2.26. The quantitative estimate of drug-likeness (QED) is 0.547. The van der Waals surface area contributed by atoms with Crippen LogP contribution in [-0.2, 0) is 14.3 Å². The molecule has 0 aromatic heterocycles. The second-order valence-corrected chi connectivity index (χ2v) is 9.50. The van der Waals surface area contributed by atoms with Gasteiger partial charge in [-0.05, 0) is 42.7 Å². The van der Waals surface area contributed by atoms with Gasteiger partial charge in [0.2, 0.25) is 5.91 Å². The minimum absolute atomic E-state index is 0.110. The van der Waals surface area contributed by atoms with Crippen molar-refractivity contribution in [2.45, 2.75) is 70.9 Å². The number of nitrogens with zero attached hydrogens (tertiary/aromatic N) is 2. The fourth-order valence-corrected chi connectivity index (χ4v) is 4.31. The maximum Gasteiger partial charge on any atom is 0.302 e. The van der Waals surface area contributed by atoms with Crippen molar-refractivity contribution in [1.82, 2.24) is 10.2 Å². The van der Waals surface area contributed by atoms with Crippen molar-refractivity contribution in [2.75, 3.05) is 19.7 Å². The molecule has 0 bridgehead atoms. The second kappa shape index (κ2) is 15.7. The molecule has 6 nitrogen and oxygen atoms in total. The SMILES string of the molecule is CC(=O)NC1CN(C2CCCCC2)C1.CC(=O)OCC(C)c1ccc(F)c(F)c1.N#Cc1ccccc1. The van der Waals surface area contributed by atoms with Gasteiger partial charge in [-0.2, -0.15) is 5.26 Å². The van der Waals surface area contributed by atoms with Crippen LogP contribution in [0.4, 0.5) is 8.78 Å². The van der Waals surface area contributed by atoms with E-state index in [2.05, 4.69) is 10.2 Å². The van der Waals surface area contributed by atoms with E-state index in [0.717, 1.165) is 31.3 Å². The van der Waals surface area contributed by atoms with Gasteiger partial charge in [-0.15, -0.1) is 0 Å². The highest BCUT2D eigenvalue weighted by atomic mass is 19.2. The smallest absolute Gasteiger partial charge is 0.302 e. The van der Waals surface area contributed by atoms with Crippen LogP contribution >= 0.6 is 0 Å². The normalized spacial score (nSPS) is 16.4. The molecule has 37 heavy (non-hydrogen) atoms. The van der Waals surface area contributed by atoms with E-state index >= 15 is 0 Å². The Balaban J connectivity index is 0.000000204. The van der Waals surface area contributed by atoms with E-state index in [9.17, 15) is 18.4 Å². The summed E-state index contributed by atoms with van der Waals surface area (Å²) in [4.78, 5) is 23.9. The minimum atomic E-state index is -0.887. The van der Waals surface area contributed by atoms with Gasteiger partial charge >= 0.3 is 5.97 Å². The second-order valence-electron chi connectivity index (χ2n) is 9.50. The van der Waals surface area contributed by atoms with Crippen molar-refractivity contribution in [3.8, 4) is 6.07 Å². The Labute approximate surface area is 218 Å². The summed E-state index contributed by atoms with van der Waals surface area (Å²) in [6.07, 6.45) is 6.94. The first-order chi connectivity index (χ1) is 17.7. The third kappa shape index (κ3) is 11.1. The zero-order valence-corrected chi connectivity index (χ0v) is 21.9. The first-order valence-electron chi connectivity index (χ1n) is 12.7. The number of likely N-dealkylation sites (tertiary alicyclic amines) is 1. The summed E-state index contributed by atoms with van der Waals surface area (Å²) in [5.41, 5.74) is 1.32. The molecule has 2 aromatic rings. The van der Waals surface area contributed by atoms with E-state index in [4.69, 9.17) is 10.00 Å². The number of benzene rings is 2. The van der Waals surface area contributed by atoms with E-state index in [1.54, 1.807) is 26.0 Å². The molecule has 0 spiro atoms. The Morgan fingerprint density at radius 2 is 1.70 bits per heavy atom. The number of ether oxygens (including phenoxy) is 1. The zero-order valence-electron chi connectivity index (χ0n) is 21.9. The Kier molecular flexibility index (Phi) is 12.7. The van der Waals surface area contributed by atoms with Crippen molar-refractivity contribution in [3.63, 3.8) is 0 Å². The summed E-state index contributed by atoms with van der Waals surface area (Å²) in [5.74, 6) is -2.19. The van der Waals surface area contributed by atoms with Crippen LogP contribution in [0.3, 0.4) is 0 Å². The Bertz CT molecular complexity index is 1030. The minimum Gasteiger partial charge on any atom is -0.465 e. The highest BCUT2D eigenvalue weighted by Gasteiger charge is 2.32. The van der Waals surface area contributed by atoms with E-state index in [1.807, 2.05) is 24.3 Å². The maximum atomic E-state index is 12.9. The molecule has 1 saturated heterocycles. The fraction of sp³-hybridized carbons (Fsp3) is 0.483. The molecule has 2 aromatic carbocycles. The molecule has 1 aliphatic heterocycles. The average Bonchev–Trinajstić information content (AvgIpc) is 2.87. The highest BCUT2D eigenvalue weighted by molar-refractivity contribution is 5.73. The Morgan fingerprint density at radius 1 is 1.05 bits per heavy atom. The van der Waals surface area contributed by atoms with Gasteiger partial charge in [0.05, 0.1) is 24.3 Å². The number of nitriles is 1. The lowest BCUT2D eigenvalue weighted by atomic mass is 9.91. The molecule has 1 atom stereocenters. The molecule has 0 radical (unpaired) electrons. The molecule has 1 saturated carbocycles.